The molecule has 0 bridgehead atoms. The summed E-state index contributed by atoms with van der Waals surface area (Å²) in [5.74, 6) is 0.875. The fraction of sp³-hybridized carbons (Fsp3) is 0. The van der Waals surface area contributed by atoms with E-state index in [1.807, 2.05) is 6.20 Å². The van der Waals surface area contributed by atoms with Crippen LogP contribution in [0.2, 0.25) is 0 Å². The maximum absolute atomic E-state index is 5.16. The molecule has 0 aliphatic heterocycles. The van der Waals surface area contributed by atoms with E-state index in [-0.39, 0.29) is 0 Å². The summed E-state index contributed by atoms with van der Waals surface area (Å²) in [6.07, 6.45) is 2.03. The largest absolute Gasteiger partial charge is 0.294 e. The van der Waals surface area contributed by atoms with Crippen LogP contribution >= 0.6 is 0 Å². The zero-order valence-corrected chi connectivity index (χ0v) is 28.9. The lowest BCUT2D eigenvalue weighted by Gasteiger charge is -2.26. The maximum atomic E-state index is 5.16. The molecule has 2 nitrogen and oxygen atoms in total. The second-order valence-electron chi connectivity index (χ2n) is 14.0. The third kappa shape index (κ3) is 4.84. The summed E-state index contributed by atoms with van der Waals surface area (Å²) in [6.45, 7) is 0. The molecule has 11 aromatic rings. The lowest BCUT2D eigenvalue weighted by atomic mass is 9.89. The number of para-hydroxylation sites is 1. The molecule has 0 N–H and O–H groups in total. The van der Waals surface area contributed by atoms with Crippen LogP contribution in [0.5, 0.6) is 0 Å². The van der Waals surface area contributed by atoms with Crippen LogP contribution in [-0.2, 0) is 0 Å². The average Bonchev–Trinajstić information content (AvgIpc) is 3.23. The summed E-state index contributed by atoms with van der Waals surface area (Å²) in [5, 5.41) is 15.1. The van der Waals surface area contributed by atoms with E-state index in [2.05, 4.69) is 193 Å². The van der Waals surface area contributed by atoms with Crippen molar-refractivity contribution in [3.05, 3.63) is 194 Å². The van der Waals surface area contributed by atoms with Gasteiger partial charge < -0.3 is 0 Å². The zero-order chi connectivity index (χ0) is 34.9. The third-order valence-corrected chi connectivity index (χ3v) is 10.9. The van der Waals surface area contributed by atoms with Gasteiger partial charge in [0.2, 0.25) is 0 Å². The highest BCUT2D eigenvalue weighted by Crippen LogP contribution is 2.43. The minimum absolute atomic E-state index is 0.875. The Morgan fingerprint density at radius 2 is 0.830 bits per heavy atom. The van der Waals surface area contributed by atoms with Crippen LogP contribution in [0.25, 0.3) is 86.9 Å². The highest BCUT2D eigenvalue weighted by Gasteiger charge is 2.19. The molecular weight excluding hydrogens is 641 g/mol. The fourth-order valence-electron chi connectivity index (χ4n) is 8.42. The quantitative estimate of drug-likeness (QED) is 0.169. The second kappa shape index (κ2) is 11.8. The van der Waals surface area contributed by atoms with Crippen LogP contribution in [0.3, 0.4) is 0 Å². The van der Waals surface area contributed by atoms with Gasteiger partial charge >= 0.3 is 0 Å². The number of benzene rings is 10. The van der Waals surface area contributed by atoms with E-state index in [1.165, 1.54) is 75.8 Å². The van der Waals surface area contributed by atoms with E-state index < -0.39 is 0 Å². The lowest BCUT2D eigenvalue weighted by Crippen LogP contribution is -2.12. The van der Waals surface area contributed by atoms with Gasteiger partial charge in [-0.2, -0.15) is 0 Å². The van der Waals surface area contributed by atoms with Crippen molar-refractivity contribution in [1.29, 1.82) is 0 Å². The molecule has 0 amide bonds. The molecule has 0 saturated heterocycles. The Kier molecular flexibility index (Phi) is 6.59. The number of pyridine rings is 1. The Balaban J connectivity index is 1.01. The van der Waals surface area contributed by atoms with Crippen molar-refractivity contribution >= 4 is 81.8 Å². The Morgan fingerprint density at radius 1 is 0.321 bits per heavy atom. The van der Waals surface area contributed by atoms with Gasteiger partial charge in [0.1, 0.15) is 5.82 Å². The highest BCUT2D eigenvalue weighted by molar-refractivity contribution is 6.24. The standard InChI is InChI=1S/C51H32N2/c1-2-13-44(14-3-1)53(48-31-36-12-6-7-15-45(36)46-16-8-9-17-47(46)48)49-25-24-41(32-52-49)43-29-39-22-20-37-27-42(28-38-21-23-40(30-43)51(39)50(37)38)35-19-18-33-10-4-5-11-34(33)26-35/h1-32H. The van der Waals surface area contributed by atoms with Gasteiger partial charge in [0.25, 0.3) is 0 Å². The molecule has 1 heterocycles. The molecule has 0 saturated carbocycles. The molecule has 0 aliphatic rings. The molecule has 0 fully saturated rings. The highest BCUT2D eigenvalue weighted by atomic mass is 15.2. The first-order chi connectivity index (χ1) is 26.2. The van der Waals surface area contributed by atoms with Gasteiger partial charge in [-0.25, -0.2) is 4.98 Å². The van der Waals surface area contributed by atoms with Crippen molar-refractivity contribution < 1.29 is 0 Å². The van der Waals surface area contributed by atoms with E-state index in [9.17, 15) is 0 Å². The Labute approximate surface area is 307 Å². The molecule has 0 aliphatic carbocycles. The van der Waals surface area contributed by atoms with Crippen LogP contribution in [0, 0.1) is 0 Å². The third-order valence-electron chi connectivity index (χ3n) is 10.9. The number of aromatic nitrogens is 1. The Bertz CT molecular complexity index is 3100. The molecule has 10 aromatic carbocycles. The number of anilines is 3. The van der Waals surface area contributed by atoms with Crippen LogP contribution in [0.4, 0.5) is 17.2 Å². The number of nitrogens with zero attached hydrogens (tertiary/aromatic N) is 2. The number of rotatable bonds is 5. The summed E-state index contributed by atoms with van der Waals surface area (Å²) in [4.78, 5) is 7.44. The number of hydrogen-bond donors (Lipinski definition) is 0. The molecular formula is C51H32N2. The Morgan fingerprint density at radius 3 is 1.49 bits per heavy atom. The Hall–Kier alpha value is -7.03. The summed E-state index contributed by atoms with van der Waals surface area (Å²) in [5.41, 5.74) is 6.92. The number of fused-ring (bicyclic) bond motifs is 4. The first-order valence-electron chi connectivity index (χ1n) is 18.2. The molecule has 0 atom stereocenters. The molecule has 246 valence electrons. The van der Waals surface area contributed by atoms with Crippen molar-refractivity contribution in [2.75, 3.05) is 4.90 Å². The monoisotopic (exact) mass is 672 g/mol. The minimum atomic E-state index is 0.875. The predicted octanol–water partition coefficient (Wildman–Crippen LogP) is 14.2. The first kappa shape index (κ1) is 29.7. The lowest BCUT2D eigenvalue weighted by molar-refractivity contribution is 1.19. The van der Waals surface area contributed by atoms with E-state index in [4.69, 9.17) is 4.98 Å². The summed E-state index contributed by atoms with van der Waals surface area (Å²) >= 11 is 0. The van der Waals surface area contributed by atoms with Gasteiger partial charge in [-0.05, 0) is 137 Å². The van der Waals surface area contributed by atoms with Gasteiger partial charge in [0.05, 0.1) is 5.69 Å². The van der Waals surface area contributed by atoms with Crippen molar-refractivity contribution in [2.45, 2.75) is 0 Å². The summed E-state index contributed by atoms with van der Waals surface area (Å²) < 4.78 is 0. The zero-order valence-electron chi connectivity index (χ0n) is 28.9. The van der Waals surface area contributed by atoms with Crippen molar-refractivity contribution in [3.63, 3.8) is 0 Å². The molecule has 2 heteroatoms. The minimum Gasteiger partial charge on any atom is -0.294 e. The van der Waals surface area contributed by atoms with Crippen LogP contribution in [0.1, 0.15) is 0 Å². The van der Waals surface area contributed by atoms with Gasteiger partial charge in [-0.15, -0.1) is 0 Å². The van der Waals surface area contributed by atoms with E-state index in [0.29, 0.717) is 0 Å². The van der Waals surface area contributed by atoms with Gasteiger partial charge in [-0.1, -0.05) is 127 Å². The average molecular weight is 673 g/mol. The second-order valence-corrected chi connectivity index (χ2v) is 14.0. The summed E-state index contributed by atoms with van der Waals surface area (Å²) in [6, 6.07) is 68.3. The SMILES string of the molecule is c1ccc(N(c2ccc(-c3cc4ccc5cc(-c6ccc7ccccc7c6)cc6ccc(c3)c4c56)cn2)c2cc3ccccc3c3ccccc23)cc1. The van der Waals surface area contributed by atoms with Crippen molar-refractivity contribution in [3.8, 4) is 22.3 Å². The predicted molar refractivity (Wildman–Crippen MR) is 226 cm³/mol. The first-order valence-corrected chi connectivity index (χ1v) is 18.2. The topological polar surface area (TPSA) is 16.1 Å². The molecule has 0 unspecified atom stereocenters. The van der Waals surface area contributed by atoms with Crippen LogP contribution < -0.4 is 4.90 Å². The fourth-order valence-corrected chi connectivity index (χ4v) is 8.42. The smallest absolute Gasteiger partial charge is 0.137 e. The van der Waals surface area contributed by atoms with Gasteiger partial charge in [0, 0.05) is 22.8 Å². The van der Waals surface area contributed by atoms with Gasteiger partial charge in [0.15, 0.2) is 0 Å². The molecule has 53 heavy (non-hydrogen) atoms. The molecule has 0 radical (unpaired) electrons. The van der Waals surface area contributed by atoms with Crippen LogP contribution in [0.15, 0.2) is 194 Å². The van der Waals surface area contributed by atoms with E-state index >= 15 is 0 Å². The van der Waals surface area contributed by atoms with E-state index in [1.54, 1.807) is 0 Å². The normalized spacial score (nSPS) is 11.8. The maximum Gasteiger partial charge on any atom is 0.137 e. The van der Waals surface area contributed by atoms with Crippen molar-refractivity contribution in [1.82, 2.24) is 4.98 Å². The van der Waals surface area contributed by atoms with E-state index in [0.717, 1.165) is 28.3 Å². The van der Waals surface area contributed by atoms with Crippen LogP contribution in [-0.4, -0.2) is 4.98 Å². The van der Waals surface area contributed by atoms with Crippen molar-refractivity contribution in [2.24, 2.45) is 0 Å². The molecule has 1 aromatic heterocycles. The number of hydrogen-bond acceptors (Lipinski definition) is 2. The summed E-state index contributed by atoms with van der Waals surface area (Å²) in [7, 11) is 0. The molecule has 11 rings (SSSR count). The van der Waals surface area contributed by atoms with Gasteiger partial charge in [-0.3, -0.25) is 4.90 Å². The molecule has 0 spiro atoms.